The molecule has 0 radical (unpaired) electrons. The Morgan fingerprint density at radius 1 is 1.21 bits per heavy atom. The molecular weight excluding hydrogens is 468 g/mol. The Kier molecular flexibility index (Phi) is 7.40. The molecule has 0 spiro atoms. The van der Waals surface area contributed by atoms with Crippen molar-refractivity contribution in [1.82, 2.24) is 29.6 Å². The molecular formula is C20H23ClN8O3S. The van der Waals surface area contributed by atoms with Gasteiger partial charge >= 0.3 is 0 Å². The average Bonchev–Trinajstić information content (AvgIpc) is 2.79. The summed E-state index contributed by atoms with van der Waals surface area (Å²) >= 11 is 3.96. The van der Waals surface area contributed by atoms with Crippen molar-refractivity contribution < 1.29 is 13.5 Å². The molecule has 11 nitrogen and oxygen atoms in total. The zero-order valence-electron chi connectivity index (χ0n) is 17.8. The molecule has 33 heavy (non-hydrogen) atoms. The van der Waals surface area contributed by atoms with Gasteiger partial charge in [0, 0.05) is 31.5 Å². The minimum Gasteiger partial charge on any atom is -0.381 e. The number of pyridine rings is 2. The van der Waals surface area contributed by atoms with Gasteiger partial charge in [0.1, 0.15) is 16.8 Å². The van der Waals surface area contributed by atoms with Crippen LogP contribution in [0.25, 0.3) is 11.4 Å². The van der Waals surface area contributed by atoms with Crippen molar-refractivity contribution in [3.05, 3.63) is 46.6 Å². The summed E-state index contributed by atoms with van der Waals surface area (Å²) in [5.74, 6) is 1.86. The Hall–Kier alpha value is -2.77. The summed E-state index contributed by atoms with van der Waals surface area (Å²) < 4.78 is 27.8. The normalized spacial score (nSPS) is 15.4. The van der Waals surface area contributed by atoms with Gasteiger partial charge in [-0.1, -0.05) is 11.6 Å². The predicted octanol–water partition coefficient (Wildman–Crippen LogP) is 2.74. The molecule has 0 bridgehead atoms. The van der Waals surface area contributed by atoms with Crippen LogP contribution in [0.3, 0.4) is 0 Å². The summed E-state index contributed by atoms with van der Waals surface area (Å²) in [5, 5.41) is 3.46. The van der Waals surface area contributed by atoms with Crippen molar-refractivity contribution in [2.24, 2.45) is 0 Å². The molecule has 4 heterocycles. The van der Waals surface area contributed by atoms with Crippen LogP contribution in [-0.2, 0) is 22.5 Å². The van der Waals surface area contributed by atoms with Gasteiger partial charge in [-0.2, -0.15) is 9.97 Å². The van der Waals surface area contributed by atoms with E-state index in [1.54, 1.807) is 19.2 Å². The maximum absolute atomic E-state index is 11.0. The van der Waals surface area contributed by atoms with Gasteiger partial charge in [-0.3, -0.25) is 4.55 Å². The SMILES string of the molecule is Cc1nc(N)nc(-c2cc(C3CCOCC3)cnc2Nc2cnc(Cl)c(CNS(=O)O)c2)n1. The number of hydrogen-bond donors (Lipinski definition) is 4. The van der Waals surface area contributed by atoms with Crippen molar-refractivity contribution in [2.75, 3.05) is 24.3 Å². The molecule has 13 heteroatoms. The van der Waals surface area contributed by atoms with Gasteiger partial charge < -0.3 is 15.8 Å². The van der Waals surface area contributed by atoms with Gasteiger partial charge in [0.15, 0.2) is 5.82 Å². The first-order valence-electron chi connectivity index (χ1n) is 10.2. The standard InChI is InChI=1S/C20H23ClN8O3S/c1-11-26-19(29-20(22)27-11)16-7-13(12-2-4-32-5-3-12)8-24-18(16)28-15-6-14(9-25-33(30)31)17(21)23-10-15/h6-8,10,12,25H,2-5,9H2,1H3,(H,24,28)(H,30,31)(H2,22,26,27,29). The first-order valence-corrected chi connectivity index (χ1v) is 11.7. The second kappa shape index (κ2) is 10.4. The van der Waals surface area contributed by atoms with E-state index in [1.165, 1.54) is 0 Å². The van der Waals surface area contributed by atoms with Crippen LogP contribution in [0.2, 0.25) is 5.15 Å². The number of anilines is 3. The second-order valence-electron chi connectivity index (χ2n) is 7.49. The third-order valence-electron chi connectivity index (χ3n) is 5.17. The summed E-state index contributed by atoms with van der Waals surface area (Å²) in [6.07, 6.45) is 5.21. The van der Waals surface area contributed by atoms with E-state index < -0.39 is 11.3 Å². The lowest BCUT2D eigenvalue weighted by atomic mass is 9.92. The van der Waals surface area contributed by atoms with Crippen LogP contribution in [0.15, 0.2) is 24.5 Å². The van der Waals surface area contributed by atoms with E-state index in [1.807, 2.05) is 12.3 Å². The summed E-state index contributed by atoms with van der Waals surface area (Å²) in [6.45, 7) is 3.24. The average molecular weight is 491 g/mol. The molecule has 1 saturated heterocycles. The topological polar surface area (TPSA) is 161 Å². The van der Waals surface area contributed by atoms with Gasteiger partial charge in [0.05, 0.1) is 17.4 Å². The maximum atomic E-state index is 11.0. The van der Waals surface area contributed by atoms with Crippen molar-refractivity contribution in [2.45, 2.75) is 32.2 Å². The van der Waals surface area contributed by atoms with Gasteiger partial charge in [-0.25, -0.2) is 23.9 Å². The van der Waals surface area contributed by atoms with E-state index in [0.29, 0.717) is 53.4 Å². The molecule has 174 valence electrons. The highest BCUT2D eigenvalue weighted by molar-refractivity contribution is 7.77. The Balaban J connectivity index is 1.71. The quantitative estimate of drug-likeness (QED) is 0.286. The second-order valence-corrected chi connectivity index (χ2v) is 8.63. The fourth-order valence-electron chi connectivity index (χ4n) is 3.59. The summed E-state index contributed by atoms with van der Waals surface area (Å²) in [4.78, 5) is 21.6. The number of hydrogen-bond acceptors (Lipinski definition) is 9. The van der Waals surface area contributed by atoms with E-state index in [0.717, 1.165) is 18.4 Å². The number of nitrogens with two attached hydrogens (primary N) is 1. The lowest BCUT2D eigenvalue weighted by molar-refractivity contribution is 0.0853. The fraction of sp³-hybridized carbons (Fsp3) is 0.350. The van der Waals surface area contributed by atoms with E-state index in [-0.39, 0.29) is 17.6 Å². The van der Waals surface area contributed by atoms with Crippen LogP contribution >= 0.6 is 11.6 Å². The van der Waals surface area contributed by atoms with Crippen LogP contribution in [0.1, 0.15) is 35.7 Å². The summed E-state index contributed by atoms with van der Waals surface area (Å²) in [7, 11) is 0. The van der Waals surface area contributed by atoms with E-state index in [4.69, 9.17) is 26.6 Å². The molecule has 0 amide bonds. The van der Waals surface area contributed by atoms with E-state index in [9.17, 15) is 4.21 Å². The molecule has 3 aromatic heterocycles. The number of nitrogens with zero attached hydrogens (tertiary/aromatic N) is 5. The van der Waals surface area contributed by atoms with Crippen molar-refractivity contribution in [3.8, 4) is 11.4 Å². The lowest BCUT2D eigenvalue weighted by Gasteiger charge is -2.23. The molecule has 0 saturated carbocycles. The minimum absolute atomic E-state index is 0.0661. The Morgan fingerprint density at radius 3 is 2.73 bits per heavy atom. The largest absolute Gasteiger partial charge is 0.381 e. The Labute approximate surface area is 198 Å². The monoisotopic (exact) mass is 490 g/mol. The molecule has 1 aliphatic rings. The fourth-order valence-corrected chi connectivity index (χ4v) is 4.04. The summed E-state index contributed by atoms with van der Waals surface area (Å²) in [5.41, 5.74) is 8.75. The Morgan fingerprint density at radius 2 is 2.00 bits per heavy atom. The molecule has 4 rings (SSSR count). The maximum Gasteiger partial charge on any atom is 0.232 e. The number of ether oxygens (including phenoxy) is 1. The molecule has 3 aromatic rings. The lowest BCUT2D eigenvalue weighted by Crippen LogP contribution is -2.16. The molecule has 1 atom stereocenters. The Bertz CT molecular complexity index is 1160. The number of aromatic nitrogens is 5. The smallest absolute Gasteiger partial charge is 0.232 e. The van der Waals surface area contributed by atoms with Crippen LogP contribution in [-0.4, -0.2) is 46.9 Å². The zero-order valence-corrected chi connectivity index (χ0v) is 19.4. The van der Waals surface area contributed by atoms with Crippen molar-refractivity contribution >= 4 is 40.3 Å². The van der Waals surface area contributed by atoms with Crippen molar-refractivity contribution in [3.63, 3.8) is 0 Å². The van der Waals surface area contributed by atoms with E-state index >= 15 is 0 Å². The zero-order chi connectivity index (χ0) is 23.4. The van der Waals surface area contributed by atoms with Gasteiger partial charge in [-0.15, -0.1) is 0 Å². The molecule has 5 N–H and O–H groups in total. The van der Waals surface area contributed by atoms with Gasteiger partial charge in [0.25, 0.3) is 0 Å². The van der Waals surface area contributed by atoms with E-state index in [2.05, 4.69) is 35.0 Å². The number of aryl methyl sites for hydroxylation is 1. The van der Waals surface area contributed by atoms with Crippen LogP contribution < -0.4 is 15.8 Å². The number of rotatable bonds is 7. The van der Waals surface area contributed by atoms with Crippen LogP contribution in [0, 0.1) is 6.92 Å². The molecule has 1 fully saturated rings. The molecule has 0 aliphatic carbocycles. The third-order valence-corrected chi connectivity index (χ3v) is 5.90. The number of nitrogens with one attached hydrogen (secondary N) is 2. The minimum atomic E-state index is -2.17. The molecule has 0 aromatic carbocycles. The highest BCUT2D eigenvalue weighted by Gasteiger charge is 2.20. The highest BCUT2D eigenvalue weighted by Crippen LogP contribution is 2.33. The molecule has 1 aliphatic heterocycles. The number of nitrogen functional groups attached to an aromatic ring is 1. The third kappa shape index (κ3) is 5.97. The van der Waals surface area contributed by atoms with Crippen molar-refractivity contribution in [1.29, 1.82) is 0 Å². The predicted molar refractivity (Wildman–Crippen MR) is 125 cm³/mol. The highest BCUT2D eigenvalue weighted by atomic mass is 35.5. The number of halogens is 1. The van der Waals surface area contributed by atoms with Crippen LogP contribution in [0.4, 0.5) is 17.5 Å². The van der Waals surface area contributed by atoms with Crippen LogP contribution in [0.5, 0.6) is 0 Å². The van der Waals surface area contributed by atoms with Gasteiger partial charge in [0.2, 0.25) is 17.2 Å². The first kappa shape index (κ1) is 23.4. The summed E-state index contributed by atoms with van der Waals surface area (Å²) in [6, 6.07) is 3.74. The molecule has 1 unspecified atom stereocenters. The van der Waals surface area contributed by atoms with Gasteiger partial charge in [-0.05, 0) is 43.4 Å². The first-order chi connectivity index (χ1) is 15.9.